The Labute approximate surface area is 129 Å². The smallest absolute Gasteiger partial charge is 0.123 e. The molecule has 0 aliphatic carbocycles. The van der Waals surface area contributed by atoms with E-state index in [4.69, 9.17) is 9.47 Å². The molecule has 0 saturated heterocycles. The average molecular weight is 291 g/mol. The molecule has 118 valence electrons. The zero-order valence-electron chi connectivity index (χ0n) is 13.9. The molecule has 21 heavy (non-hydrogen) atoms. The van der Waals surface area contributed by atoms with E-state index in [0.717, 1.165) is 44.9 Å². The maximum Gasteiger partial charge on any atom is 0.123 e. The van der Waals surface area contributed by atoms with Crippen molar-refractivity contribution in [1.82, 2.24) is 5.32 Å². The van der Waals surface area contributed by atoms with Crippen molar-refractivity contribution in [2.24, 2.45) is 5.92 Å². The van der Waals surface area contributed by atoms with Crippen LogP contribution in [-0.4, -0.2) is 31.9 Å². The molecule has 0 unspecified atom stereocenters. The molecule has 0 bridgehead atoms. The topological polar surface area (TPSA) is 30.5 Å². The Morgan fingerprint density at radius 2 is 2.10 bits per heavy atom. The number of hydrogen-bond acceptors (Lipinski definition) is 3. The van der Waals surface area contributed by atoms with E-state index in [0.29, 0.717) is 5.92 Å². The number of rotatable bonds is 8. The van der Waals surface area contributed by atoms with Crippen LogP contribution in [0.4, 0.5) is 0 Å². The lowest BCUT2D eigenvalue weighted by Gasteiger charge is -2.16. The number of fused-ring (bicyclic) bond motifs is 1. The van der Waals surface area contributed by atoms with E-state index >= 15 is 0 Å². The third-order valence-corrected chi connectivity index (χ3v) is 3.64. The minimum atomic E-state index is -0.0560. The quantitative estimate of drug-likeness (QED) is 0.746. The predicted molar refractivity (Wildman–Crippen MR) is 87.1 cm³/mol. The van der Waals surface area contributed by atoms with Crippen LogP contribution in [-0.2, 0) is 17.6 Å². The summed E-state index contributed by atoms with van der Waals surface area (Å²) >= 11 is 0. The van der Waals surface area contributed by atoms with E-state index in [1.807, 2.05) is 0 Å². The molecule has 1 aliphatic heterocycles. The normalized spacial score (nSPS) is 16.0. The summed E-state index contributed by atoms with van der Waals surface area (Å²) in [5, 5.41) is 3.38. The second-order valence-corrected chi connectivity index (χ2v) is 6.94. The van der Waals surface area contributed by atoms with Crippen LogP contribution >= 0.6 is 0 Å². The Kier molecular flexibility index (Phi) is 5.65. The first-order chi connectivity index (χ1) is 9.96. The summed E-state index contributed by atoms with van der Waals surface area (Å²) in [4.78, 5) is 0. The molecule has 0 atom stereocenters. The Hall–Kier alpha value is -1.06. The monoisotopic (exact) mass is 291 g/mol. The van der Waals surface area contributed by atoms with Crippen LogP contribution in [0, 0.1) is 5.92 Å². The maximum absolute atomic E-state index is 5.90. The molecule has 1 aliphatic rings. The summed E-state index contributed by atoms with van der Waals surface area (Å²) in [6.07, 6.45) is 1.97. The van der Waals surface area contributed by atoms with Crippen molar-refractivity contribution >= 4 is 0 Å². The van der Waals surface area contributed by atoms with Gasteiger partial charge in [0.15, 0.2) is 0 Å². The Morgan fingerprint density at radius 1 is 1.29 bits per heavy atom. The number of hydrogen-bond donors (Lipinski definition) is 1. The van der Waals surface area contributed by atoms with Crippen LogP contribution in [0.25, 0.3) is 0 Å². The fourth-order valence-corrected chi connectivity index (χ4v) is 2.65. The van der Waals surface area contributed by atoms with Gasteiger partial charge in [-0.1, -0.05) is 26.0 Å². The van der Waals surface area contributed by atoms with Gasteiger partial charge in [-0.2, -0.15) is 0 Å². The van der Waals surface area contributed by atoms with E-state index in [1.165, 1.54) is 11.1 Å². The minimum Gasteiger partial charge on any atom is -0.487 e. The van der Waals surface area contributed by atoms with Crippen LogP contribution in [0.2, 0.25) is 0 Å². The number of benzene rings is 1. The second kappa shape index (κ2) is 7.28. The van der Waals surface area contributed by atoms with Gasteiger partial charge in [0, 0.05) is 13.0 Å². The van der Waals surface area contributed by atoms with Gasteiger partial charge in [-0.25, -0.2) is 0 Å². The highest BCUT2D eigenvalue weighted by Crippen LogP contribution is 2.35. The summed E-state index contributed by atoms with van der Waals surface area (Å²) in [6, 6.07) is 6.52. The first kappa shape index (κ1) is 16.3. The Bertz CT molecular complexity index is 455. The lowest BCUT2D eigenvalue weighted by Crippen LogP contribution is -2.24. The number of ether oxygens (including phenoxy) is 2. The van der Waals surface area contributed by atoms with Gasteiger partial charge < -0.3 is 14.8 Å². The summed E-state index contributed by atoms with van der Waals surface area (Å²) < 4.78 is 11.6. The Balaban J connectivity index is 1.66. The van der Waals surface area contributed by atoms with Crippen molar-refractivity contribution in [2.45, 2.75) is 46.1 Å². The van der Waals surface area contributed by atoms with Crippen molar-refractivity contribution in [3.05, 3.63) is 29.3 Å². The molecule has 1 aromatic carbocycles. The maximum atomic E-state index is 5.90. The van der Waals surface area contributed by atoms with Crippen LogP contribution in [0.5, 0.6) is 5.75 Å². The summed E-state index contributed by atoms with van der Waals surface area (Å²) in [6.45, 7) is 12.3. The van der Waals surface area contributed by atoms with Gasteiger partial charge >= 0.3 is 0 Å². The van der Waals surface area contributed by atoms with Gasteiger partial charge in [0.25, 0.3) is 0 Å². The molecule has 0 aromatic heterocycles. The van der Waals surface area contributed by atoms with Crippen molar-refractivity contribution in [1.29, 1.82) is 0 Å². The summed E-state index contributed by atoms with van der Waals surface area (Å²) in [5.41, 5.74) is 2.61. The largest absolute Gasteiger partial charge is 0.487 e. The van der Waals surface area contributed by atoms with E-state index in [-0.39, 0.29) is 5.60 Å². The molecule has 0 radical (unpaired) electrons. The van der Waals surface area contributed by atoms with Gasteiger partial charge in [-0.15, -0.1) is 0 Å². The highest BCUT2D eigenvalue weighted by atomic mass is 16.5. The fourth-order valence-electron chi connectivity index (χ4n) is 2.65. The highest BCUT2D eigenvalue weighted by molar-refractivity contribution is 5.41. The van der Waals surface area contributed by atoms with Gasteiger partial charge in [0.2, 0.25) is 0 Å². The van der Waals surface area contributed by atoms with Crippen molar-refractivity contribution in [3.8, 4) is 5.75 Å². The zero-order valence-corrected chi connectivity index (χ0v) is 13.9. The van der Waals surface area contributed by atoms with E-state index < -0.39 is 0 Å². The molecule has 0 fully saturated rings. The minimum absolute atomic E-state index is 0.0560. The van der Waals surface area contributed by atoms with Crippen molar-refractivity contribution in [2.75, 3.05) is 26.3 Å². The van der Waals surface area contributed by atoms with Crippen LogP contribution in [0.15, 0.2) is 18.2 Å². The first-order valence-corrected chi connectivity index (χ1v) is 8.05. The summed E-state index contributed by atoms with van der Waals surface area (Å²) in [7, 11) is 0. The van der Waals surface area contributed by atoms with Crippen LogP contribution in [0.1, 0.15) is 38.8 Å². The molecule has 2 rings (SSSR count). The second-order valence-electron chi connectivity index (χ2n) is 6.94. The highest BCUT2D eigenvalue weighted by Gasteiger charge is 2.29. The lowest BCUT2D eigenvalue weighted by molar-refractivity contribution is 0.138. The van der Waals surface area contributed by atoms with Crippen molar-refractivity contribution < 1.29 is 9.47 Å². The van der Waals surface area contributed by atoms with Gasteiger partial charge in [0.05, 0.1) is 13.2 Å². The molecule has 1 heterocycles. The molecular weight excluding hydrogens is 262 g/mol. The number of nitrogens with one attached hydrogen (secondary N) is 1. The van der Waals surface area contributed by atoms with Gasteiger partial charge in [-0.3, -0.25) is 0 Å². The first-order valence-electron chi connectivity index (χ1n) is 8.05. The Morgan fingerprint density at radius 3 is 2.86 bits per heavy atom. The van der Waals surface area contributed by atoms with Crippen molar-refractivity contribution in [3.63, 3.8) is 0 Å². The predicted octanol–water partition coefficient (Wildman–Crippen LogP) is 3.20. The molecule has 1 aromatic rings. The molecule has 3 nitrogen and oxygen atoms in total. The molecule has 1 N–H and O–H groups in total. The zero-order chi connectivity index (χ0) is 15.3. The van der Waals surface area contributed by atoms with Crippen LogP contribution < -0.4 is 10.1 Å². The average Bonchev–Trinajstić information content (AvgIpc) is 2.70. The fraction of sp³-hybridized carbons (Fsp3) is 0.667. The summed E-state index contributed by atoms with van der Waals surface area (Å²) in [5.74, 6) is 1.74. The van der Waals surface area contributed by atoms with Crippen LogP contribution in [0.3, 0.4) is 0 Å². The lowest BCUT2D eigenvalue weighted by atomic mass is 9.99. The molecule has 0 saturated carbocycles. The third-order valence-electron chi connectivity index (χ3n) is 3.64. The molecular formula is C18H29NO2. The van der Waals surface area contributed by atoms with E-state index in [9.17, 15) is 0 Å². The van der Waals surface area contributed by atoms with E-state index in [1.54, 1.807) is 0 Å². The van der Waals surface area contributed by atoms with Gasteiger partial charge in [0.1, 0.15) is 11.4 Å². The standard InChI is InChI=1S/C18H29NO2/c1-14(2)13-19-8-10-20-9-7-15-5-6-17-16(11-15)12-18(3,4)21-17/h5-6,11,14,19H,7-10,12-13H2,1-4H3. The SMILES string of the molecule is CC(C)CNCCOCCc1ccc2c(c1)CC(C)(C)O2. The van der Waals surface area contributed by atoms with E-state index in [2.05, 4.69) is 51.2 Å². The van der Waals surface area contributed by atoms with Gasteiger partial charge in [-0.05, 0) is 49.9 Å². The molecule has 3 heteroatoms. The molecule has 0 amide bonds. The molecule has 0 spiro atoms. The third kappa shape index (κ3) is 5.33.